The number of rotatable bonds is 4. The van der Waals surface area contributed by atoms with E-state index in [9.17, 15) is 4.79 Å². The monoisotopic (exact) mass is 419 g/mol. The summed E-state index contributed by atoms with van der Waals surface area (Å²) < 4.78 is 2.02. The van der Waals surface area contributed by atoms with Gasteiger partial charge >= 0.3 is 0 Å². The molecule has 0 saturated carbocycles. The lowest BCUT2D eigenvalue weighted by atomic mass is 9.94. The van der Waals surface area contributed by atoms with E-state index in [1.54, 1.807) is 12.5 Å². The molecule has 2 aliphatic heterocycles. The highest BCUT2D eigenvalue weighted by Crippen LogP contribution is 2.27. The highest BCUT2D eigenvalue weighted by Gasteiger charge is 2.29. The summed E-state index contributed by atoms with van der Waals surface area (Å²) in [7, 11) is 2.10. The summed E-state index contributed by atoms with van der Waals surface area (Å²) in [5.74, 6) is 1.44. The van der Waals surface area contributed by atoms with Crippen LogP contribution in [0.25, 0.3) is 10.9 Å². The maximum atomic E-state index is 13.1. The summed E-state index contributed by atoms with van der Waals surface area (Å²) in [6.45, 7) is 7.17. The van der Waals surface area contributed by atoms with Gasteiger partial charge in [-0.3, -0.25) is 9.48 Å². The molecule has 31 heavy (non-hydrogen) atoms. The molecule has 0 radical (unpaired) electrons. The first-order valence-electron chi connectivity index (χ1n) is 11.1. The number of piperazine rings is 1. The van der Waals surface area contributed by atoms with Crippen LogP contribution in [-0.2, 0) is 13.0 Å². The predicted molar refractivity (Wildman–Crippen MR) is 120 cm³/mol. The van der Waals surface area contributed by atoms with Crippen LogP contribution in [0.2, 0.25) is 0 Å². The molecule has 1 amide bonds. The predicted octanol–water partition coefficient (Wildman–Crippen LogP) is 2.20. The number of carbonyl (C=O) groups excluding carboxylic acids is 1. The van der Waals surface area contributed by atoms with Crippen LogP contribution >= 0.6 is 0 Å². The second-order valence-electron chi connectivity index (χ2n) is 8.75. The molecule has 2 aliphatic rings. The van der Waals surface area contributed by atoms with E-state index in [4.69, 9.17) is 0 Å². The summed E-state index contributed by atoms with van der Waals surface area (Å²) in [4.78, 5) is 26.2. The fraction of sp³-hybridized carbons (Fsp3) is 0.478. The minimum Gasteiger partial charge on any atom is -0.369 e. The van der Waals surface area contributed by atoms with E-state index in [1.807, 2.05) is 21.7 Å². The molecular formula is C23H29N7O. The average molecular weight is 420 g/mol. The zero-order valence-electron chi connectivity index (χ0n) is 18.2. The molecule has 0 bridgehead atoms. The number of likely N-dealkylation sites (N-methyl/N-ethyl adjacent to an activating group) is 1. The first kappa shape index (κ1) is 19.9. The Labute approximate surface area is 182 Å². The maximum Gasteiger partial charge on any atom is 0.257 e. The van der Waals surface area contributed by atoms with Gasteiger partial charge in [0.25, 0.3) is 5.91 Å². The van der Waals surface area contributed by atoms with Crippen LogP contribution in [0.4, 0.5) is 5.82 Å². The van der Waals surface area contributed by atoms with Crippen LogP contribution in [0.15, 0.2) is 30.7 Å². The van der Waals surface area contributed by atoms with E-state index in [2.05, 4.69) is 45.3 Å². The molecule has 8 nitrogen and oxygen atoms in total. The van der Waals surface area contributed by atoms with Gasteiger partial charge in [0.1, 0.15) is 12.1 Å². The molecular weight excluding hydrogens is 390 g/mol. The number of fused-ring (bicyclic) bond motifs is 2. The first-order valence-corrected chi connectivity index (χ1v) is 11.1. The van der Waals surface area contributed by atoms with Crippen LogP contribution < -0.4 is 5.32 Å². The Balaban J connectivity index is 1.29. The Bertz CT molecular complexity index is 1100. The van der Waals surface area contributed by atoms with Gasteiger partial charge in [0.15, 0.2) is 0 Å². The van der Waals surface area contributed by atoms with Crippen molar-refractivity contribution in [2.45, 2.75) is 26.3 Å². The number of nitrogens with one attached hydrogen (secondary N) is 1. The molecule has 0 spiro atoms. The molecule has 5 rings (SSSR count). The van der Waals surface area contributed by atoms with Crippen molar-refractivity contribution >= 4 is 22.6 Å². The molecule has 1 aromatic carbocycles. The molecule has 1 N–H and O–H groups in total. The van der Waals surface area contributed by atoms with E-state index < -0.39 is 0 Å². The largest absolute Gasteiger partial charge is 0.369 e. The Hall–Kier alpha value is -3.00. The van der Waals surface area contributed by atoms with Crippen molar-refractivity contribution in [2.75, 3.05) is 45.1 Å². The lowest BCUT2D eigenvalue weighted by Crippen LogP contribution is -2.47. The Morgan fingerprint density at radius 2 is 2.00 bits per heavy atom. The zero-order valence-corrected chi connectivity index (χ0v) is 18.2. The molecule has 2 aromatic heterocycles. The Kier molecular flexibility index (Phi) is 5.31. The normalized spacial score (nSPS) is 19.4. The number of carbonyl (C=O) groups is 1. The summed E-state index contributed by atoms with van der Waals surface area (Å²) in [5, 5.41) is 9.15. The molecule has 0 unspecified atom stereocenters. The molecule has 8 heteroatoms. The number of amides is 1. The molecule has 1 fully saturated rings. The van der Waals surface area contributed by atoms with Crippen molar-refractivity contribution in [3.8, 4) is 0 Å². The Morgan fingerprint density at radius 1 is 1.16 bits per heavy atom. The summed E-state index contributed by atoms with van der Waals surface area (Å²) in [6, 6.07) is 6.13. The number of aromatic nitrogens is 4. The van der Waals surface area contributed by atoms with Gasteiger partial charge in [-0.15, -0.1) is 0 Å². The molecule has 4 heterocycles. The second-order valence-corrected chi connectivity index (χ2v) is 8.75. The van der Waals surface area contributed by atoms with E-state index >= 15 is 0 Å². The Morgan fingerprint density at radius 3 is 2.84 bits per heavy atom. The highest BCUT2D eigenvalue weighted by atomic mass is 16.2. The van der Waals surface area contributed by atoms with Gasteiger partial charge in [0, 0.05) is 44.7 Å². The molecule has 1 atom stereocenters. The number of hydrogen-bond donors (Lipinski definition) is 1. The van der Waals surface area contributed by atoms with Gasteiger partial charge in [0.05, 0.1) is 23.0 Å². The number of benzene rings is 1. The number of nitrogens with zero attached hydrogens (tertiary/aromatic N) is 6. The standard InChI is InChI=1S/C23H29N7O/c1-16-4-3-5-19-21(16)22(26-15-25-19)24-13-17-6-7-30-20(12-17)18(14-27-30)23(31)29-10-8-28(2)9-11-29/h3-5,14-15,17H,6-13H2,1-2H3,(H,24,25,26)/t17-/m0/s1. The second kappa shape index (κ2) is 8.26. The molecule has 0 aliphatic carbocycles. The SMILES string of the molecule is Cc1cccc2ncnc(NC[C@H]3CCn4ncc(C(=O)N5CCN(C)CC5)c4C3)c12. The number of anilines is 1. The van der Waals surface area contributed by atoms with Crippen molar-refractivity contribution in [1.29, 1.82) is 0 Å². The van der Waals surface area contributed by atoms with Crippen LogP contribution in [0.5, 0.6) is 0 Å². The molecule has 1 saturated heterocycles. The minimum atomic E-state index is 0.125. The van der Waals surface area contributed by atoms with Crippen LogP contribution in [0, 0.1) is 12.8 Å². The number of hydrogen-bond acceptors (Lipinski definition) is 6. The molecule has 162 valence electrons. The highest BCUT2D eigenvalue weighted by molar-refractivity contribution is 5.95. The van der Waals surface area contributed by atoms with Crippen molar-refractivity contribution < 1.29 is 4.79 Å². The maximum absolute atomic E-state index is 13.1. The van der Waals surface area contributed by atoms with Gasteiger partial charge in [-0.1, -0.05) is 12.1 Å². The zero-order chi connectivity index (χ0) is 21.4. The lowest BCUT2D eigenvalue weighted by Gasteiger charge is -2.32. The van der Waals surface area contributed by atoms with Gasteiger partial charge in [0.2, 0.25) is 0 Å². The van der Waals surface area contributed by atoms with E-state index in [1.165, 1.54) is 5.56 Å². The quantitative estimate of drug-likeness (QED) is 0.699. The smallest absolute Gasteiger partial charge is 0.257 e. The van der Waals surface area contributed by atoms with Crippen LogP contribution in [0.1, 0.15) is 28.0 Å². The third-order valence-corrected chi connectivity index (χ3v) is 6.63. The first-order chi connectivity index (χ1) is 15.1. The fourth-order valence-electron chi connectivity index (χ4n) is 4.69. The van der Waals surface area contributed by atoms with Gasteiger partial charge in [-0.25, -0.2) is 9.97 Å². The van der Waals surface area contributed by atoms with Gasteiger partial charge < -0.3 is 15.1 Å². The van der Waals surface area contributed by atoms with Crippen LogP contribution in [0.3, 0.4) is 0 Å². The molecule has 3 aromatic rings. The third kappa shape index (κ3) is 3.87. The third-order valence-electron chi connectivity index (χ3n) is 6.63. The fourth-order valence-corrected chi connectivity index (χ4v) is 4.69. The van der Waals surface area contributed by atoms with E-state index in [0.717, 1.165) is 80.1 Å². The van der Waals surface area contributed by atoms with Crippen molar-refractivity contribution in [2.24, 2.45) is 5.92 Å². The average Bonchev–Trinajstić information content (AvgIpc) is 3.21. The minimum absolute atomic E-state index is 0.125. The lowest BCUT2D eigenvalue weighted by molar-refractivity contribution is 0.0662. The van der Waals surface area contributed by atoms with Crippen molar-refractivity contribution in [1.82, 2.24) is 29.5 Å². The van der Waals surface area contributed by atoms with E-state index in [0.29, 0.717) is 5.92 Å². The van der Waals surface area contributed by atoms with Gasteiger partial charge in [-0.05, 0) is 44.4 Å². The number of aryl methyl sites for hydroxylation is 2. The van der Waals surface area contributed by atoms with Crippen molar-refractivity contribution in [3.05, 3.63) is 47.5 Å². The van der Waals surface area contributed by atoms with Gasteiger partial charge in [-0.2, -0.15) is 5.10 Å². The summed E-state index contributed by atoms with van der Waals surface area (Å²) in [6.07, 6.45) is 5.27. The van der Waals surface area contributed by atoms with E-state index in [-0.39, 0.29) is 5.91 Å². The summed E-state index contributed by atoms with van der Waals surface area (Å²) >= 11 is 0. The summed E-state index contributed by atoms with van der Waals surface area (Å²) in [5.41, 5.74) is 3.98. The van der Waals surface area contributed by atoms with Crippen LogP contribution in [-0.4, -0.2) is 75.2 Å². The van der Waals surface area contributed by atoms with Crippen molar-refractivity contribution in [3.63, 3.8) is 0 Å². The topological polar surface area (TPSA) is 79.2 Å².